The monoisotopic (exact) mass is 392 g/mol. The predicted octanol–water partition coefficient (Wildman–Crippen LogP) is 4.86. The molecule has 6 heteroatoms. The summed E-state index contributed by atoms with van der Waals surface area (Å²) in [5.41, 5.74) is 2.78. The molecule has 28 heavy (non-hydrogen) atoms. The van der Waals surface area contributed by atoms with Crippen LogP contribution in [0.25, 0.3) is 0 Å². The minimum Gasteiger partial charge on any atom is -0.322 e. The fourth-order valence-electron chi connectivity index (χ4n) is 3.11. The van der Waals surface area contributed by atoms with Crippen molar-refractivity contribution in [2.45, 2.75) is 5.37 Å². The second kappa shape index (κ2) is 7.86. The SMILES string of the molecule is O=C(Nc1cccc(C2SCC(=O)N2c2ccc(F)cc2)c1)c1ccccc1. The van der Waals surface area contributed by atoms with Gasteiger partial charge in [0.15, 0.2) is 0 Å². The Kier molecular flexibility index (Phi) is 5.12. The molecule has 1 fully saturated rings. The molecule has 0 saturated carbocycles. The molecule has 4 rings (SSSR count). The third-order valence-electron chi connectivity index (χ3n) is 4.44. The van der Waals surface area contributed by atoms with Crippen LogP contribution in [0, 0.1) is 5.82 Å². The van der Waals surface area contributed by atoms with E-state index in [-0.39, 0.29) is 23.0 Å². The molecule has 0 aliphatic carbocycles. The molecule has 0 aromatic heterocycles. The lowest BCUT2D eigenvalue weighted by atomic mass is 10.1. The topological polar surface area (TPSA) is 49.4 Å². The van der Waals surface area contributed by atoms with E-state index in [9.17, 15) is 14.0 Å². The summed E-state index contributed by atoms with van der Waals surface area (Å²) in [4.78, 5) is 26.5. The first kappa shape index (κ1) is 18.3. The van der Waals surface area contributed by atoms with Crippen molar-refractivity contribution in [3.05, 3.63) is 95.8 Å². The number of nitrogens with zero attached hydrogens (tertiary/aromatic N) is 1. The lowest BCUT2D eigenvalue weighted by Crippen LogP contribution is -2.27. The van der Waals surface area contributed by atoms with Gasteiger partial charge in [-0.3, -0.25) is 14.5 Å². The van der Waals surface area contributed by atoms with Gasteiger partial charge in [0, 0.05) is 16.9 Å². The Morgan fingerprint density at radius 2 is 1.75 bits per heavy atom. The van der Waals surface area contributed by atoms with Gasteiger partial charge in [-0.05, 0) is 54.1 Å². The van der Waals surface area contributed by atoms with Crippen LogP contribution in [0.1, 0.15) is 21.3 Å². The number of carbonyl (C=O) groups excluding carboxylic acids is 2. The van der Waals surface area contributed by atoms with Gasteiger partial charge in [-0.15, -0.1) is 11.8 Å². The minimum atomic E-state index is -0.342. The maximum atomic E-state index is 13.3. The van der Waals surface area contributed by atoms with E-state index >= 15 is 0 Å². The standard InChI is InChI=1S/C22H17FN2O2S/c23-17-9-11-19(12-10-17)25-20(26)14-28-22(25)16-7-4-8-18(13-16)24-21(27)15-5-2-1-3-6-15/h1-13,22H,14H2,(H,24,27). The van der Waals surface area contributed by atoms with Gasteiger partial charge in [-0.1, -0.05) is 30.3 Å². The summed E-state index contributed by atoms with van der Waals surface area (Å²) in [5, 5.41) is 2.66. The van der Waals surface area contributed by atoms with Crippen molar-refractivity contribution < 1.29 is 14.0 Å². The number of hydrogen-bond donors (Lipinski definition) is 1. The summed E-state index contributed by atoms with van der Waals surface area (Å²) in [6.07, 6.45) is 0. The number of rotatable bonds is 4. The Morgan fingerprint density at radius 1 is 1.00 bits per heavy atom. The van der Waals surface area contributed by atoms with Gasteiger partial charge in [0.05, 0.1) is 5.75 Å². The molecular weight excluding hydrogens is 375 g/mol. The lowest BCUT2D eigenvalue weighted by molar-refractivity contribution is -0.115. The smallest absolute Gasteiger partial charge is 0.255 e. The zero-order chi connectivity index (χ0) is 19.5. The minimum absolute atomic E-state index is 0.0275. The average molecular weight is 392 g/mol. The Balaban J connectivity index is 1.58. The number of hydrogen-bond acceptors (Lipinski definition) is 3. The predicted molar refractivity (Wildman–Crippen MR) is 110 cm³/mol. The molecule has 0 bridgehead atoms. The van der Waals surface area contributed by atoms with Gasteiger partial charge in [0.25, 0.3) is 5.91 Å². The summed E-state index contributed by atoms with van der Waals surface area (Å²) in [5.74, 6) is -0.211. The molecule has 3 aromatic carbocycles. The first-order valence-corrected chi connectivity index (χ1v) is 9.82. The average Bonchev–Trinajstić information content (AvgIpc) is 3.11. The van der Waals surface area contributed by atoms with Crippen molar-refractivity contribution in [2.24, 2.45) is 0 Å². The Hall–Kier alpha value is -3.12. The number of carbonyl (C=O) groups is 2. The summed E-state index contributed by atoms with van der Waals surface area (Å²) in [7, 11) is 0. The van der Waals surface area contributed by atoms with E-state index in [0.717, 1.165) is 5.56 Å². The Bertz CT molecular complexity index is 1010. The molecule has 1 atom stereocenters. The molecule has 140 valence electrons. The molecule has 1 N–H and O–H groups in total. The quantitative estimate of drug-likeness (QED) is 0.690. The third kappa shape index (κ3) is 3.77. The molecule has 1 aliphatic heterocycles. The maximum Gasteiger partial charge on any atom is 0.255 e. The van der Waals surface area contributed by atoms with Crippen molar-refractivity contribution in [1.29, 1.82) is 0 Å². The van der Waals surface area contributed by atoms with Crippen LogP contribution in [-0.4, -0.2) is 17.6 Å². The van der Waals surface area contributed by atoms with Gasteiger partial charge >= 0.3 is 0 Å². The molecule has 4 nitrogen and oxygen atoms in total. The highest BCUT2D eigenvalue weighted by atomic mass is 32.2. The van der Waals surface area contributed by atoms with Gasteiger partial charge in [-0.25, -0.2) is 4.39 Å². The number of thioether (sulfide) groups is 1. The van der Waals surface area contributed by atoms with E-state index in [1.165, 1.54) is 23.9 Å². The third-order valence-corrected chi connectivity index (χ3v) is 5.65. The number of halogens is 1. The molecular formula is C22H17FN2O2S. The molecule has 1 aliphatic rings. The van der Waals surface area contributed by atoms with Crippen LogP contribution in [-0.2, 0) is 4.79 Å². The van der Waals surface area contributed by atoms with E-state index < -0.39 is 0 Å². The normalized spacial score (nSPS) is 16.2. The molecule has 1 heterocycles. The molecule has 0 spiro atoms. The fourth-order valence-corrected chi connectivity index (χ4v) is 4.28. The number of anilines is 2. The van der Waals surface area contributed by atoms with Crippen molar-refractivity contribution in [3.63, 3.8) is 0 Å². The van der Waals surface area contributed by atoms with Crippen LogP contribution in [0.15, 0.2) is 78.9 Å². The van der Waals surface area contributed by atoms with Crippen LogP contribution < -0.4 is 10.2 Å². The van der Waals surface area contributed by atoms with Gasteiger partial charge in [0.1, 0.15) is 11.2 Å². The molecule has 3 aromatic rings. The van der Waals surface area contributed by atoms with Crippen molar-refractivity contribution in [2.75, 3.05) is 16.0 Å². The Morgan fingerprint density at radius 3 is 2.50 bits per heavy atom. The zero-order valence-electron chi connectivity index (χ0n) is 14.8. The Labute approximate surface area is 166 Å². The largest absolute Gasteiger partial charge is 0.322 e. The van der Waals surface area contributed by atoms with E-state index in [1.807, 2.05) is 42.5 Å². The highest BCUT2D eigenvalue weighted by Crippen LogP contribution is 2.42. The summed E-state index contributed by atoms with van der Waals surface area (Å²) < 4.78 is 13.3. The number of nitrogens with one attached hydrogen (secondary N) is 1. The van der Waals surface area contributed by atoms with Gasteiger partial charge < -0.3 is 5.32 Å². The first-order chi connectivity index (χ1) is 13.6. The van der Waals surface area contributed by atoms with Gasteiger partial charge in [-0.2, -0.15) is 0 Å². The second-order valence-corrected chi connectivity index (χ2v) is 7.42. The molecule has 0 radical (unpaired) electrons. The van der Waals surface area contributed by atoms with Crippen LogP contribution >= 0.6 is 11.8 Å². The fraction of sp³-hybridized carbons (Fsp3) is 0.0909. The second-order valence-electron chi connectivity index (χ2n) is 6.35. The van der Waals surface area contributed by atoms with Crippen LogP contribution in [0.4, 0.5) is 15.8 Å². The van der Waals surface area contributed by atoms with E-state index in [0.29, 0.717) is 22.7 Å². The first-order valence-electron chi connectivity index (χ1n) is 8.77. The number of benzene rings is 3. The number of amides is 2. The maximum absolute atomic E-state index is 13.3. The molecule has 1 unspecified atom stereocenters. The molecule has 2 amide bonds. The summed E-state index contributed by atoms with van der Waals surface area (Å²) in [6, 6.07) is 22.3. The zero-order valence-corrected chi connectivity index (χ0v) is 15.7. The van der Waals surface area contributed by atoms with Crippen LogP contribution in [0.5, 0.6) is 0 Å². The van der Waals surface area contributed by atoms with Crippen LogP contribution in [0.2, 0.25) is 0 Å². The van der Waals surface area contributed by atoms with E-state index in [1.54, 1.807) is 29.2 Å². The lowest BCUT2D eigenvalue weighted by Gasteiger charge is -2.24. The van der Waals surface area contributed by atoms with E-state index in [2.05, 4.69) is 5.32 Å². The van der Waals surface area contributed by atoms with Gasteiger partial charge in [0.2, 0.25) is 5.91 Å². The van der Waals surface area contributed by atoms with E-state index in [4.69, 9.17) is 0 Å². The van der Waals surface area contributed by atoms with Crippen molar-refractivity contribution in [3.8, 4) is 0 Å². The highest BCUT2D eigenvalue weighted by molar-refractivity contribution is 8.00. The van der Waals surface area contributed by atoms with Crippen molar-refractivity contribution >= 4 is 35.0 Å². The van der Waals surface area contributed by atoms with Crippen LogP contribution in [0.3, 0.4) is 0 Å². The summed E-state index contributed by atoms with van der Waals surface area (Å²) >= 11 is 1.50. The highest BCUT2D eigenvalue weighted by Gasteiger charge is 2.34. The molecule has 1 saturated heterocycles. The summed E-state index contributed by atoms with van der Waals surface area (Å²) in [6.45, 7) is 0. The van der Waals surface area contributed by atoms with Crippen molar-refractivity contribution in [1.82, 2.24) is 0 Å².